The van der Waals surface area contributed by atoms with Crippen molar-refractivity contribution in [3.05, 3.63) is 59.0 Å². The molecule has 26 heavy (non-hydrogen) atoms. The summed E-state index contributed by atoms with van der Waals surface area (Å²) < 4.78 is 1.95. The third-order valence-corrected chi connectivity index (χ3v) is 5.31. The molecule has 0 unspecified atom stereocenters. The first-order valence-corrected chi connectivity index (χ1v) is 9.73. The van der Waals surface area contributed by atoms with Gasteiger partial charge in [-0.3, -0.25) is 9.59 Å². The van der Waals surface area contributed by atoms with Gasteiger partial charge in [0.15, 0.2) is 5.16 Å². The second-order valence-electron chi connectivity index (χ2n) is 5.51. The van der Waals surface area contributed by atoms with Gasteiger partial charge >= 0.3 is 0 Å². The SMILES string of the molecule is Cn1ccnc1Sc1ccc(NC(=O)CCNC(=O)c2ccsc2)cc1. The standard InChI is InChI=1S/C18H18N4O2S2/c1-22-10-9-20-18(22)26-15-4-2-14(3-5-15)21-16(23)6-8-19-17(24)13-7-11-25-12-13/h2-5,7,9-12H,6,8H2,1H3,(H,19,24)(H,21,23). The first-order chi connectivity index (χ1) is 12.6. The molecule has 0 bridgehead atoms. The molecule has 3 rings (SSSR count). The lowest BCUT2D eigenvalue weighted by Gasteiger charge is -2.07. The van der Waals surface area contributed by atoms with E-state index in [9.17, 15) is 9.59 Å². The Kier molecular flexibility index (Phi) is 6.08. The van der Waals surface area contributed by atoms with Crippen LogP contribution in [0, 0.1) is 0 Å². The van der Waals surface area contributed by atoms with E-state index in [0.29, 0.717) is 12.1 Å². The number of hydrogen-bond acceptors (Lipinski definition) is 5. The molecule has 0 aliphatic carbocycles. The molecular weight excluding hydrogens is 368 g/mol. The van der Waals surface area contributed by atoms with Gasteiger partial charge < -0.3 is 15.2 Å². The summed E-state index contributed by atoms with van der Waals surface area (Å²) in [5.74, 6) is -0.296. The molecule has 0 aliphatic heterocycles. The zero-order chi connectivity index (χ0) is 18.4. The maximum atomic E-state index is 12.0. The van der Waals surface area contributed by atoms with Gasteiger partial charge in [-0.25, -0.2) is 4.98 Å². The number of carbonyl (C=O) groups excluding carboxylic acids is 2. The number of nitrogens with one attached hydrogen (secondary N) is 2. The molecule has 0 radical (unpaired) electrons. The Morgan fingerprint density at radius 2 is 2.04 bits per heavy atom. The highest BCUT2D eigenvalue weighted by atomic mass is 32.2. The first-order valence-electron chi connectivity index (χ1n) is 7.97. The van der Waals surface area contributed by atoms with Crippen molar-refractivity contribution in [3.8, 4) is 0 Å². The van der Waals surface area contributed by atoms with Gasteiger partial charge in [-0.2, -0.15) is 11.3 Å². The van der Waals surface area contributed by atoms with Gasteiger partial charge in [0.1, 0.15) is 0 Å². The molecular formula is C18H18N4O2S2. The highest BCUT2D eigenvalue weighted by molar-refractivity contribution is 7.99. The van der Waals surface area contributed by atoms with Crippen LogP contribution in [0.3, 0.4) is 0 Å². The molecule has 2 N–H and O–H groups in total. The highest BCUT2D eigenvalue weighted by Gasteiger charge is 2.08. The Hall–Kier alpha value is -2.58. The normalized spacial score (nSPS) is 10.5. The molecule has 6 nitrogen and oxygen atoms in total. The van der Waals surface area contributed by atoms with Crippen molar-refractivity contribution in [2.45, 2.75) is 16.5 Å². The summed E-state index contributed by atoms with van der Waals surface area (Å²) in [6, 6.07) is 9.34. The summed E-state index contributed by atoms with van der Waals surface area (Å²) in [6.07, 6.45) is 3.88. The zero-order valence-corrected chi connectivity index (χ0v) is 15.8. The largest absolute Gasteiger partial charge is 0.351 e. The fourth-order valence-corrected chi connectivity index (χ4v) is 3.61. The van der Waals surface area contributed by atoms with Crippen molar-refractivity contribution < 1.29 is 9.59 Å². The molecule has 0 saturated carbocycles. The minimum atomic E-state index is -0.158. The maximum Gasteiger partial charge on any atom is 0.252 e. The lowest BCUT2D eigenvalue weighted by atomic mass is 10.3. The number of imidazole rings is 1. The van der Waals surface area contributed by atoms with E-state index >= 15 is 0 Å². The molecule has 2 heterocycles. The summed E-state index contributed by atoms with van der Waals surface area (Å²) in [5, 5.41) is 10.1. The second-order valence-corrected chi connectivity index (χ2v) is 7.33. The number of thiophene rings is 1. The van der Waals surface area contributed by atoms with Crippen molar-refractivity contribution in [2.75, 3.05) is 11.9 Å². The number of amides is 2. The number of carbonyl (C=O) groups is 2. The van der Waals surface area contributed by atoms with Crippen LogP contribution in [0.5, 0.6) is 0 Å². The van der Waals surface area contributed by atoms with Crippen LogP contribution in [0.1, 0.15) is 16.8 Å². The van der Waals surface area contributed by atoms with E-state index < -0.39 is 0 Å². The lowest BCUT2D eigenvalue weighted by molar-refractivity contribution is -0.116. The maximum absolute atomic E-state index is 12.0. The Morgan fingerprint density at radius 1 is 1.23 bits per heavy atom. The third kappa shape index (κ3) is 4.96. The molecule has 2 amide bonds. The van der Waals surface area contributed by atoms with Crippen molar-refractivity contribution in [1.82, 2.24) is 14.9 Å². The van der Waals surface area contributed by atoms with Crippen LogP contribution in [-0.4, -0.2) is 27.9 Å². The molecule has 3 aromatic rings. The molecule has 0 atom stereocenters. The van der Waals surface area contributed by atoms with Crippen molar-refractivity contribution in [3.63, 3.8) is 0 Å². The number of benzene rings is 1. The van der Waals surface area contributed by atoms with Crippen LogP contribution < -0.4 is 10.6 Å². The highest BCUT2D eigenvalue weighted by Crippen LogP contribution is 2.26. The smallest absolute Gasteiger partial charge is 0.252 e. The van der Waals surface area contributed by atoms with Crippen LogP contribution in [0.15, 0.2) is 63.5 Å². The van der Waals surface area contributed by atoms with E-state index in [1.807, 2.05) is 47.5 Å². The topological polar surface area (TPSA) is 76.0 Å². The van der Waals surface area contributed by atoms with E-state index in [2.05, 4.69) is 15.6 Å². The van der Waals surface area contributed by atoms with Gasteiger partial charge in [-0.1, -0.05) is 11.8 Å². The summed E-state index contributed by atoms with van der Waals surface area (Å²) >= 11 is 3.02. The monoisotopic (exact) mass is 386 g/mol. The third-order valence-electron chi connectivity index (χ3n) is 3.55. The Labute approximate surface area is 159 Å². The van der Waals surface area contributed by atoms with Crippen LogP contribution >= 0.6 is 23.1 Å². The van der Waals surface area contributed by atoms with Gasteiger partial charge in [0.05, 0.1) is 0 Å². The minimum Gasteiger partial charge on any atom is -0.351 e. The number of hydrogen-bond donors (Lipinski definition) is 2. The summed E-state index contributed by atoms with van der Waals surface area (Å²) in [7, 11) is 1.95. The number of aryl methyl sites for hydroxylation is 1. The summed E-state index contributed by atoms with van der Waals surface area (Å²) in [4.78, 5) is 29.1. The minimum absolute atomic E-state index is 0.139. The number of anilines is 1. The van der Waals surface area contributed by atoms with Crippen LogP contribution in [-0.2, 0) is 11.8 Å². The summed E-state index contributed by atoms with van der Waals surface area (Å²) in [6.45, 7) is 0.299. The second kappa shape index (κ2) is 8.68. The Morgan fingerprint density at radius 3 is 2.69 bits per heavy atom. The van der Waals surface area contributed by atoms with Crippen molar-refractivity contribution in [2.24, 2.45) is 7.05 Å². The zero-order valence-electron chi connectivity index (χ0n) is 14.1. The molecule has 0 aliphatic rings. The average Bonchev–Trinajstić information content (AvgIpc) is 3.29. The molecule has 8 heteroatoms. The molecule has 0 spiro atoms. The van der Waals surface area contributed by atoms with E-state index in [4.69, 9.17) is 0 Å². The molecule has 1 aromatic carbocycles. The van der Waals surface area contributed by atoms with Crippen LogP contribution in [0.4, 0.5) is 5.69 Å². The van der Waals surface area contributed by atoms with Gasteiger partial charge in [-0.05, 0) is 35.7 Å². The van der Waals surface area contributed by atoms with E-state index in [1.165, 1.54) is 11.3 Å². The van der Waals surface area contributed by atoms with Gasteiger partial charge in [-0.15, -0.1) is 0 Å². The Bertz CT molecular complexity index is 873. The fraction of sp³-hybridized carbons (Fsp3) is 0.167. The predicted octanol–water partition coefficient (Wildman–Crippen LogP) is 3.39. The molecule has 0 saturated heterocycles. The first kappa shape index (κ1) is 18.2. The van der Waals surface area contributed by atoms with Crippen LogP contribution in [0.25, 0.3) is 0 Å². The molecule has 134 valence electrons. The van der Waals surface area contributed by atoms with Crippen LogP contribution in [0.2, 0.25) is 0 Å². The molecule has 0 fully saturated rings. The fourth-order valence-electron chi connectivity index (χ4n) is 2.17. The summed E-state index contributed by atoms with van der Waals surface area (Å²) in [5.41, 5.74) is 1.35. The van der Waals surface area contributed by atoms with E-state index in [-0.39, 0.29) is 18.2 Å². The van der Waals surface area contributed by atoms with Crippen molar-refractivity contribution >= 4 is 40.6 Å². The van der Waals surface area contributed by atoms with E-state index in [1.54, 1.807) is 29.4 Å². The van der Waals surface area contributed by atoms with E-state index in [0.717, 1.165) is 15.7 Å². The van der Waals surface area contributed by atoms with Gasteiger partial charge in [0.25, 0.3) is 5.91 Å². The number of aromatic nitrogens is 2. The predicted molar refractivity (Wildman–Crippen MR) is 104 cm³/mol. The number of nitrogens with zero attached hydrogens (tertiary/aromatic N) is 2. The number of rotatable bonds is 7. The quantitative estimate of drug-likeness (QED) is 0.653. The van der Waals surface area contributed by atoms with Gasteiger partial charge in [0, 0.05) is 53.9 Å². The lowest BCUT2D eigenvalue weighted by Crippen LogP contribution is -2.27. The average molecular weight is 387 g/mol. The van der Waals surface area contributed by atoms with Crippen molar-refractivity contribution in [1.29, 1.82) is 0 Å². The molecule has 2 aromatic heterocycles. The Balaban J connectivity index is 1.44. The van der Waals surface area contributed by atoms with Gasteiger partial charge in [0.2, 0.25) is 5.91 Å².